The molecule has 6 heteroatoms. The summed E-state index contributed by atoms with van der Waals surface area (Å²) in [6.45, 7) is 2.30. The zero-order valence-electron chi connectivity index (χ0n) is 13.6. The first kappa shape index (κ1) is 30.1. The first-order valence-corrected chi connectivity index (χ1v) is 8.48. The zero-order valence-corrected chi connectivity index (χ0v) is 14.5. The summed E-state index contributed by atoms with van der Waals surface area (Å²) in [5.74, 6) is 1.03. The Bertz CT molecular complexity index is 329. The van der Waals surface area contributed by atoms with Gasteiger partial charge in [0.05, 0.1) is 0 Å². The second-order valence-electron chi connectivity index (χ2n) is 5.57. The lowest BCUT2D eigenvalue weighted by atomic mass is 9.85. The molecule has 1 fully saturated rings. The van der Waals surface area contributed by atoms with Gasteiger partial charge in [-0.3, -0.25) is 23.5 Å². The van der Waals surface area contributed by atoms with Crippen LogP contribution in [0.15, 0.2) is 35.2 Å². The fourth-order valence-corrected chi connectivity index (χ4v) is 4.12. The molecule has 1 aliphatic rings. The van der Waals surface area contributed by atoms with E-state index < -0.39 is 0 Å². The summed E-state index contributed by atoms with van der Waals surface area (Å²) in [5.41, 5.74) is 0. The van der Waals surface area contributed by atoms with Crippen molar-refractivity contribution in [2.75, 3.05) is 0 Å². The summed E-state index contributed by atoms with van der Waals surface area (Å²) >= 11 is 2.09. The Labute approximate surface area is 140 Å². The van der Waals surface area contributed by atoms with Crippen LogP contribution in [0.5, 0.6) is 0 Å². The molecule has 0 bridgehead atoms. The molecule has 0 N–H and O–H groups in total. The third-order valence-corrected chi connectivity index (χ3v) is 5.40. The van der Waals surface area contributed by atoms with E-state index in [0.717, 1.165) is 11.2 Å². The predicted octanol–water partition coefficient (Wildman–Crippen LogP) is 6.68. The van der Waals surface area contributed by atoms with Gasteiger partial charge in [0.15, 0.2) is 0 Å². The Morgan fingerprint density at radius 1 is 0.826 bits per heavy atom. The molecular formula is C17H31F5S. The van der Waals surface area contributed by atoms with E-state index >= 15 is 0 Å². The average Bonchev–Trinajstić information content (AvgIpc) is 2.42. The van der Waals surface area contributed by atoms with Crippen LogP contribution < -0.4 is 0 Å². The van der Waals surface area contributed by atoms with Crippen molar-refractivity contribution in [2.24, 2.45) is 5.92 Å². The van der Waals surface area contributed by atoms with Crippen molar-refractivity contribution < 1.29 is 23.5 Å². The van der Waals surface area contributed by atoms with Gasteiger partial charge in [-0.15, -0.1) is 11.8 Å². The molecule has 1 aliphatic carbocycles. The molecule has 23 heavy (non-hydrogen) atoms. The number of rotatable bonds is 6. The van der Waals surface area contributed by atoms with Gasteiger partial charge in [-0.1, -0.05) is 50.8 Å². The molecule has 0 atom stereocenters. The smallest absolute Gasteiger partial charge is 0.00946 e. The van der Waals surface area contributed by atoms with Gasteiger partial charge in [-0.2, -0.15) is 0 Å². The predicted molar refractivity (Wildman–Crippen MR) is 94.7 cm³/mol. The van der Waals surface area contributed by atoms with Crippen molar-refractivity contribution in [2.45, 2.75) is 68.4 Å². The van der Waals surface area contributed by atoms with E-state index in [1.807, 2.05) is 0 Å². The van der Waals surface area contributed by atoms with E-state index in [1.165, 1.54) is 56.3 Å². The topological polar surface area (TPSA) is 0 Å². The van der Waals surface area contributed by atoms with Crippen LogP contribution >= 0.6 is 11.8 Å². The van der Waals surface area contributed by atoms with Gasteiger partial charge >= 0.3 is 0 Å². The standard InChI is InChI=1S/C17H26S.5FH/c1-2-3-5-8-15-11-13-17(14-12-15)18-16-9-6-4-7-10-16;;;;;/h4,6-7,9-10,15,17H,2-3,5,8,11-14H2,1H3;5*1H. The number of benzene rings is 1. The average molecular weight is 362 g/mol. The minimum atomic E-state index is 0. The maximum atomic E-state index is 2.30. The maximum absolute atomic E-state index is 2.30. The minimum Gasteiger partial charge on any atom is -0.269 e. The largest absolute Gasteiger partial charge is 0.269 e. The van der Waals surface area contributed by atoms with Gasteiger partial charge in [0.2, 0.25) is 0 Å². The van der Waals surface area contributed by atoms with Crippen LogP contribution in [0.25, 0.3) is 0 Å². The lowest BCUT2D eigenvalue weighted by molar-refractivity contribution is 0.335. The van der Waals surface area contributed by atoms with E-state index in [9.17, 15) is 0 Å². The van der Waals surface area contributed by atoms with Gasteiger partial charge in [0.1, 0.15) is 0 Å². The number of hydrogen-bond acceptors (Lipinski definition) is 1. The number of hydrogen-bond donors (Lipinski definition) is 0. The molecule has 0 saturated heterocycles. The van der Waals surface area contributed by atoms with Crippen molar-refractivity contribution in [3.05, 3.63) is 30.3 Å². The first-order valence-electron chi connectivity index (χ1n) is 7.60. The number of halogens is 5. The molecule has 140 valence electrons. The van der Waals surface area contributed by atoms with E-state index in [0.29, 0.717) is 0 Å². The Kier molecular flexibility index (Phi) is 23.0. The molecule has 0 aliphatic heterocycles. The fourth-order valence-electron chi connectivity index (χ4n) is 2.91. The molecule has 0 radical (unpaired) electrons. The highest BCUT2D eigenvalue weighted by Crippen LogP contribution is 2.37. The molecule has 1 aromatic carbocycles. The summed E-state index contributed by atoms with van der Waals surface area (Å²) in [7, 11) is 0. The summed E-state index contributed by atoms with van der Waals surface area (Å²) in [4.78, 5) is 1.45. The first-order chi connectivity index (χ1) is 8.88. The molecule has 2 rings (SSSR count). The minimum absolute atomic E-state index is 0. The Morgan fingerprint density at radius 3 is 1.91 bits per heavy atom. The second kappa shape index (κ2) is 17.6. The van der Waals surface area contributed by atoms with Crippen LogP contribution in [0.1, 0.15) is 58.3 Å². The molecule has 0 unspecified atom stereocenters. The SMILES string of the molecule is CCCCCC1CCC(Sc2ccccc2)CC1.F.F.F.F.F. The molecular weight excluding hydrogens is 331 g/mol. The molecule has 0 aromatic heterocycles. The van der Waals surface area contributed by atoms with E-state index in [1.54, 1.807) is 0 Å². The summed E-state index contributed by atoms with van der Waals surface area (Å²) in [6, 6.07) is 10.9. The third-order valence-electron chi connectivity index (χ3n) is 4.06. The molecule has 0 amide bonds. The van der Waals surface area contributed by atoms with E-state index in [-0.39, 0.29) is 23.5 Å². The number of unbranched alkanes of at least 4 members (excludes halogenated alkanes) is 2. The van der Waals surface area contributed by atoms with Crippen LogP contribution in [-0.2, 0) is 0 Å². The van der Waals surface area contributed by atoms with Crippen molar-refractivity contribution in [1.82, 2.24) is 0 Å². The highest BCUT2D eigenvalue weighted by molar-refractivity contribution is 8.00. The molecule has 0 spiro atoms. The summed E-state index contributed by atoms with van der Waals surface area (Å²) in [5, 5.41) is 0.870. The van der Waals surface area contributed by atoms with Crippen molar-refractivity contribution in [3.8, 4) is 0 Å². The second-order valence-corrected chi connectivity index (χ2v) is 6.94. The van der Waals surface area contributed by atoms with Crippen LogP contribution in [0.4, 0.5) is 23.5 Å². The van der Waals surface area contributed by atoms with E-state index in [2.05, 4.69) is 49.0 Å². The lowest BCUT2D eigenvalue weighted by Crippen LogP contribution is -2.16. The summed E-state index contributed by atoms with van der Waals surface area (Å²) < 4.78 is 0. The van der Waals surface area contributed by atoms with Gasteiger partial charge in [0.25, 0.3) is 0 Å². The highest BCUT2D eigenvalue weighted by Gasteiger charge is 2.21. The van der Waals surface area contributed by atoms with Crippen LogP contribution in [0.2, 0.25) is 0 Å². The summed E-state index contributed by atoms with van der Waals surface area (Å²) in [6.07, 6.45) is 11.5. The molecule has 1 aromatic rings. The molecule has 0 nitrogen and oxygen atoms in total. The van der Waals surface area contributed by atoms with Gasteiger partial charge in [0, 0.05) is 10.1 Å². The Hall–Kier alpha value is -0.780. The van der Waals surface area contributed by atoms with Crippen molar-refractivity contribution >= 4 is 11.8 Å². The Morgan fingerprint density at radius 2 is 1.39 bits per heavy atom. The molecule has 1 saturated carbocycles. The lowest BCUT2D eigenvalue weighted by Gasteiger charge is -2.28. The van der Waals surface area contributed by atoms with Crippen LogP contribution in [0.3, 0.4) is 0 Å². The zero-order chi connectivity index (χ0) is 12.6. The fraction of sp³-hybridized carbons (Fsp3) is 0.647. The quantitative estimate of drug-likeness (QED) is 0.402. The monoisotopic (exact) mass is 362 g/mol. The van der Waals surface area contributed by atoms with Crippen LogP contribution in [0, 0.1) is 5.92 Å². The highest BCUT2D eigenvalue weighted by atomic mass is 32.2. The van der Waals surface area contributed by atoms with Gasteiger partial charge in [-0.25, -0.2) is 0 Å². The van der Waals surface area contributed by atoms with Crippen molar-refractivity contribution in [3.63, 3.8) is 0 Å². The Balaban J connectivity index is -0.000000361. The van der Waals surface area contributed by atoms with Gasteiger partial charge < -0.3 is 0 Å². The number of thioether (sulfide) groups is 1. The molecule has 0 heterocycles. The van der Waals surface area contributed by atoms with E-state index in [4.69, 9.17) is 0 Å². The van der Waals surface area contributed by atoms with Crippen molar-refractivity contribution in [1.29, 1.82) is 0 Å². The normalized spacial score (nSPS) is 18.8. The maximum Gasteiger partial charge on any atom is 0.00946 e. The third kappa shape index (κ3) is 11.4. The van der Waals surface area contributed by atoms with Crippen LogP contribution in [-0.4, -0.2) is 5.25 Å². The van der Waals surface area contributed by atoms with Gasteiger partial charge in [-0.05, 0) is 43.7 Å².